The molecular formula is C23H26N2O4. The summed E-state index contributed by atoms with van der Waals surface area (Å²) in [5.41, 5.74) is 4.58. The summed E-state index contributed by atoms with van der Waals surface area (Å²) in [6.45, 7) is 3.80. The number of nitrogens with one attached hydrogen (secondary N) is 1. The molecule has 1 unspecified atom stereocenters. The molecule has 1 atom stereocenters. The third-order valence-electron chi connectivity index (χ3n) is 5.30. The lowest BCUT2D eigenvalue weighted by Gasteiger charge is -2.29. The van der Waals surface area contributed by atoms with Crippen molar-refractivity contribution in [2.24, 2.45) is 5.92 Å². The van der Waals surface area contributed by atoms with Crippen LogP contribution in [0.3, 0.4) is 0 Å². The van der Waals surface area contributed by atoms with E-state index >= 15 is 0 Å². The maximum atomic E-state index is 12.7. The third-order valence-corrected chi connectivity index (χ3v) is 5.30. The van der Waals surface area contributed by atoms with Gasteiger partial charge in [-0.2, -0.15) is 0 Å². The molecule has 0 aliphatic heterocycles. The first-order valence-corrected chi connectivity index (χ1v) is 9.74. The van der Waals surface area contributed by atoms with Crippen molar-refractivity contribution in [3.8, 4) is 11.1 Å². The van der Waals surface area contributed by atoms with Gasteiger partial charge in [0.15, 0.2) is 0 Å². The lowest BCUT2D eigenvalue weighted by Crippen LogP contribution is -2.51. The summed E-state index contributed by atoms with van der Waals surface area (Å²) in [5.74, 6) is -0.545. The zero-order chi connectivity index (χ0) is 21.0. The van der Waals surface area contributed by atoms with Crippen molar-refractivity contribution < 1.29 is 19.1 Å². The van der Waals surface area contributed by atoms with Crippen LogP contribution in [0.2, 0.25) is 0 Å². The number of hydrogen-bond donors (Lipinski definition) is 1. The van der Waals surface area contributed by atoms with E-state index in [1.807, 2.05) is 38.1 Å². The molecule has 0 saturated carbocycles. The van der Waals surface area contributed by atoms with Gasteiger partial charge in [-0.15, -0.1) is 0 Å². The number of fused-ring (bicyclic) bond motifs is 3. The zero-order valence-corrected chi connectivity index (χ0v) is 16.9. The molecule has 3 rings (SSSR count). The van der Waals surface area contributed by atoms with E-state index in [4.69, 9.17) is 4.74 Å². The van der Waals surface area contributed by atoms with Crippen molar-refractivity contribution in [1.29, 1.82) is 0 Å². The fourth-order valence-electron chi connectivity index (χ4n) is 3.98. The van der Waals surface area contributed by atoms with E-state index in [0.29, 0.717) is 6.29 Å². The zero-order valence-electron chi connectivity index (χ0n) is 16.9. The monoisotopic (exact) mass is 394 g/mol. The molecule has 0 heterocycles. The normalized spacial score (nSPS) is 13.4. The molecule has 1 aliphatic rings. The summed E-state index contributed by atoms with van der Waals surface area (Å²) < 4.78 is 5.62. The average molecular weight is 394 g/mol. The number of carbonyl (C=O) groups excluding carboxylic acids is 3. The number of ether oxygens (including phenoxy) is 1. The number of carbonyl (C=O) groups is 3. The van der Waals surface area contributed by atoms with Gasteiger partial charge in [0.25, 0.3) is 0 Å². The number of benzene rings is 2. The minimum absolute atomic E-state index is 0.0406. The maximum absolute atomic E-state index is 12.7. The van der Waals surface area contributed by atoms with E-state index in [1.54, 1.807) is 7.05 Å². The Labute approximate surface area is 170 Å². The van der Waals surface area contributed by atoms with Crippen LogP contribution in [0.4, 0.5) is 4.79 Å². The van der Waals surface area contributed by atoms with Crippen LogP contribution in [0.15, 0.2) is 48.5 Å². The quantitative estimate of drug-likeness (QED) is 0.732. The SMILES string of the molecule is CC(C)C(C(=O)NCC=O)N(C)C(=O)OCC1c2ccccc2-c2ccccc21. The molecule has 1 aliphatic carbocycles. The largest absolute Gasteiger partial charge is 0.448 e. The predicted octanol–water partition coefficient (Wildman–Crippen LogP) is 3.21. The summed E-state index contributed by atoms with van der Waals surface area (Å²) in [6, 6.07) is 15.5. The molecule has 29 heavy (non-hydrogen) atoms. The highest BCUT2D eigenvalue weighted by Crippen LogP contribution is 2.44. The van der Waals surface area contributed by atoms with Gasteiger partial charge in [-0.1, -0.05) is 62.4 Å². The topological polar surface area (TPSA) is 75.7 Å². The second-order valence-corrected chi connectivity index (χ2v) is 7.52. The fraction of sp³-hybridized carbons (Fsp3) is 0.348. The molecule has 2 amide bonds. The van der Waals surface area contributed by atoms with Crippen LogP contribution in [0.25, 0.3) is 11.1 Å². The first-order chi connectivity index (χ1) is 14.0. The predicted molar refractivity (Wildman–Crippen MR) is 111 cm³/mol. The third kappa shape index (κ3) is 4.16. The van der Waals surface area contributed by atoms with Crippen LogP contribution < -0.4 is 5.32 Å². The highest BCUT2D eigenvalue weighted by Gasteiger charge is 2.33. The molecule has 0 aromatic heterocycles. The lowest BCUT2D eigenvalue weighted by atomic mass is 9.98. The molecule has 2 aromatic carbocycles. The second kappa shape index (κ2) is 8.90. The molecule has 0 fully saturated rings. The van der Waals surface area contributed by atoms with Crippen molar-refractivity contribution in [3.05, 3.63) is 59.7 Å². The van der Waals surface area contributed by atoms with Crippen LogP contribution in [-0.4, -0.2) is 49.4 Å². The van der Waals surface area contributed by atoms with Gasteiger partial charge in [-0.05, 0) is 28.2 Å². The summed E-state index contributed by atoms with van der Waals surface area (Å²) >= 11 is 0. The first-order valence-electron chi connectivity index (χ1n) is 9.74. The molecule has 152 valence electrons. The van der Waals surface area contributed by atoms with E-state index in [-0.39, 0.29) is 30.9 Å². The Morgan fingerprint density at radius 3 is 2.14 bits per heavy atom. The van der Waals surface area contributed by atoms with E-state index in [0.717, 1.165) is 22.3 Å². The minimum Gasteiger partial charge on any atom is -0.448 e. The van der Waals surface area contributed by atoms with Crippen molar-refractivity contribution >= 4 is 18.3 Å². The number of nitrogens with zero attached hydrogens (tertiary/aromatic N) is 1. The van der Waals surface area contributed by atoms with Crippen LogP contribution in [0.1, 0.15) is 30.9 Å². The van der Waals surface area contributed by atoms with Gasteiger partial charge in [0.05, 0.1) is 6.54 Å². The Morgan fingerprint density at radius 2 is 1.62 bits per heavy atom. The molecule has 2 aromatic rings. The highest BCUT2D eigenvalue weighted by atomic mass is 16.6. The van der Waals surface area contributed by atoms with Gasteiger partial charge < -0.3 is 14.8 Å². The van der Waals surface area contributed by atoms with Crippen molar-refractivity contribution in [2.75, 3.05) is 20.2 Å². The Balaban J connectivity index is 1.73. The number of aldehydes is 1. The van der Waals surface area contributed by atoms with Crippen LogP contribution >= 0.6 is 0 Å². The van der Waals surface area contributed by atoms with Gasteiger partial charge in [0.2, 0.25) is 5.91 Å². The van der Waals surface area contributed by atoms with Crippen LogP contribution in [-0.2, 0) is 14.3 Å². The molecule has 1 N–H and O–H groups in total. The Hall–Kier alpha value is -3.15. The Morgan fingerprint density at radius 1 is 1.07 bits per heavy atom. The fourth-order valence-corrected chi connectivity index (χ4v) is 3.98. The molecule has 0 bridgehead atoms. The average Bonchev–Trinajstić information content (AvgIpc) is 3.04. The Kier molecular flexibility index (Phi) is 6.32. The van der Waals surface area contributed by atoms with E-state index < -0.39 is 12.1 Å². The maximum Gasteiger partial charge on any atom is 0.410 e. The van der Waals surface area contributed by atoms with Gasteiger partial charge in [0.1, 0.15) is 18.9 Å². The molecule has 6 heteroatoms. The molecule has 6 nitrogen and oxygen atoms in total. The summed E-state index contributed by atoms with van der Waals surface area (Å²) in [6.07, 6.45) is 0.0505. The van der Waals surface area contributed by atoms with E-state index in [9.17, 15) is 14.4 Å². The number of rotatable bonds is 7. The van der Waals surface area contributed by atoms with Crippen molar-refractivity contribution in [3.63, 3.8) is 0 Å². The summed E-state index contributed by atoms with van der Waals surface area (Å²) in [4.78, 5) is 36.9. The van der Waals surface area contributed by atoms with E-state index in [2.05, 4.69) is 29.6 Å². The number of amides is 2. The summed E-state index contributed by atoms with van der Waals surface area (Å²) in [7, 11) is 1.55. The van der Waals surface area contributed by atoms with Gasteiger partial charge in [0, 0.05) is 13.0 Å². The lowest BCUT2D eigenvalue weighted by molar-refractivity contribution is -0.128. The minimum atomic E-state index is -0.717. The Bertz CT molecular complexity index is 864. The molecule has 0 spiro atoms. The van der Waals surface area contributed by atoms with Crippen LogP contribution in [0, 0.1) is 5.92 Å². The number of likely N-dealkylation sites (N-methyl/N-ethyl adjacent to an activating group) is 1. The molecule has 0 radical (unpaired) electrons. The van der Waals surface area contributed by atoms with Crippen LogP contribution in [0.5, 0.6) is 0 Å². The molecule has 0 saturated heterocycles. The molecular weight excluding hydrogens is 368 g/mol. The van der Waals surface area contributed by atoms with Gasteiger partial charge in [-0.25, -0.2) is 4.79 Å². The smallest absolute Gasteiger partial charge is 0.410 e. The highest BCUT2D eigenvalue weighted by molar-refractivity contribution is 5.87. The van der Waals surface area contributed by atoms with Crippen molar-refractivity contribution in [2.45, 2.75) is 25.8 Å². The van der Waals surface area contributed by atoms with Gasteiger partial charge >= 0.3 is 6.09 Å². The first kappa shape index (κ1) is 20.6. The van der Waals surface area contributed by atoms with Crippen molar-refractivity contribution in [1.82, 2.24) is 10.2 Å². The standard InChI is InChI=1S/C23H26N2O4/c1-15(2)21(22(27)24-12-13-26)25(3)23(28)29-14-20-18-10-6-4-8-16(18)17-9-5-7-11-19(17)20/h4-11,13,15,20-21H,12,14H2,1-3H3,(H,24,27). The van der Waals surface area contributed by atoms with E-state index in [1.165, 1.54) is 4.90 Å². The number of hydrogen-bond acceptors (Lipinski definition) is 4. The van der Waals surface area contributed by atoms with Gasteiger partial charge in [-0.3, -0.25) is 9.69 Å². The second-order valence-electron chi connectivity index (χ2n) is 7.52. The summed E-state index contributed by atoms with van der Waals surface area (Å²) in [5, 5.41) is 2.52.